The molecule has 0 bridgehead atoms. The predicted octanol–water partition coefficient (Wildman–Crippen LogP) is 5.29. The molecule has 2 rings (SSSR count). The maximum atomic E-state index is 10.4. The third kappa shape index (κ3) is 5.47. The van der Waals surface area contributed by atoms with Gasteiger partial charge in [-0.05, 0) is 42.7 Å². The SMILES string of the molecule is CCCCCCCCCC(O)C1CCc2ccccc2C1. The topological polar surface area (TPSA) is 20.2 Å². The molecule has 0 saturated carbocycles. The van der Waals surface area contributed by atoms with Crippen LogP contribution in [-0.4, -0.2) is 11.2 Å². The standard InChI is InChI=1S/C20H32O/c1-2-3-4-5-6-7-8-13-20(21)19-15-14-17-11-9-10-12-18(17)16-19/h9-12,19-21H,2-8,13-16H2,1H3. The van der Waals surface area contributed by atoms with Crippen molar-refractivity contribution >= 4 is 0 Å². The van der Waals surface area contributed by atoms with Gasteiger partial charge in [0.2, 0.25) is 0 Å². The van der Waals surface area contributed by atoms with E-state index in [2.05, 4.69) is 31.2 Å². The van der Waals surface area contributed by atoms with E-state index in [0.717, 1.165) is 25.7 Å². The van der Waals surface area contributed by atoms with Gasteiger partial charge in [-0.2, -0.15) is 0 Å². The Morgan fingerprint density at radius 3 is 2.43 bits per heavy atom. The zero-order chi connectivity index (χ0) is 14.9. The van der Waals surface area contributed by atoms with Crippen molar-refractivity contribution in [2.75, 3.05) is 0 Å². The van der Waals surface area contributed by atoms with Crippen molar-refractivity contribution in [3.8, 4) is 0 Å². The van der Waals surface area contributed by atoms with Crippen LogP contribution in [0.15, 0.2) is 24.3 Å². The smallest absolute Gasteiger partial charge is 0.0571 e. The van der Waals surface area contributed by atoms with Gasteiger partial charge in [-0.1, -0.05) is 76.1 Å². The Kier molecular flexibility index (Phi) is 7.29. The summed E-state index contributed by atoms with van der Waals surface area (Å²) in [5.41, 5.74) is 2.96. The Bertz CT molecular complexity index is 399. The molecule has 0 spiro atoms. The molecule has 2 atom stereocenters. The van der Waals surface area contributed by atoms with E-state index in [4.69, 9.17) is 0 Å². The van der Waals surface area contributed by atoms with Gasteiger partial charge >= 0.3 is 0 Å². The largest absolute Gasteiger partial charge is 0.393 e. The summed E-state index contributed by atoms with van der Waals surface area (Å²) in [6, 6.07) is 8.74. The molecule has 0 amide bonds. The van der Waals surface area contributed by atoms with Crippen LogP contribution in [0.2, 0.25) is 0 Å². The number of benzene rings is 1. The number of aliphatic hydroxyl groups excluding tert-OH is 1. The van der Waals surface area contributed by atoms with Gasteiger partial charge in [-0.3, -0.25) is 0 Å². The van der Waals surface area contributed by atoms with Crippen molar-refractivity contribution in [3.63, 3.8) is 0 Å². The van der Waals surface area contributed by atoms with E-state index in [9.17, 15) is 5.11 Å². The number of fused-ring (bicyclic) bond motifs is 1. The first-order chi connectivity index (χ1) is 10.3. The van der Waals surface area contributed by atoms with E-state index >= 15 is 0 Å². The molecular formula is C20H32O. The maximum Gasteiger partial charge on any atom is 0.0571 e. The maximum absolute atomic E-state index is 10.4. The lowest BCUT2D eigenvalue weighted by Crippen LogP contribution is -2.26. The molecule has 118 valence electrons. The second-order valence-corrected chi connectivity index (χ2v) is 6.75. The summed E-state index contributed by atoms with van der Waals surface area (Å²) in [5, 5.41) is 10.4. The Morgan fingerprint density at radius 1 is 1.00 bits per heavy atom. The zero-order valence-electron chi connectivity index (χ0n) is 13.7. The summed E-state index contributed by atoms with van der Waals surface area (Å²) >= 11 is 0. The molecule has 1 aromatic carbocycles. The Morgan fingerprint density at radius 2 is 1.67 bits per heavy atom. The molecule has 1 aliphatic carbocycles. The number of unbranched alkanes of at least 4 members (excludes halogenated alkanes) is 6. The van der Waals surface area contributed by atoms with Crippen LogP contribution in [0.3, 0.4) is 0 Å². The van der Waals surface area contributed by atoms with Crippen molar-refractivity contribution in [2.24, 2.45) is 5.92 Å². The minimum atomic E-state index is -0.0889. The second-order valence-electron chi connectivity index (χ2n) is 6.75. The molecule has 0 radical (unpaired) electrons. The van der Waals surface area contributed by atoms with Gasteiger partial charge in [0.15, 0.2) is 0 Å². The lowest BCUT2D eigenvalue weighted by molar-refractivity contribution is 0.0880. The Hall–Kier alpha value is -0.820. The number of rotatable bonds is 9. The van der Waals surface area contributed by atoms with E-state index in [1.165, 1.54) is 56.1 Å². The van der Waals surface area contributed by atoms with Gasteiger partial charge in [0, 0.05) is 0 Å². The normalized spacial score (nSPS) is 19.2. The van der Waals surface area contributed by atoms with E-state index in [1.807, 2.05) is 0 Å². The fourth-order valence-corrected chi connectivity index (χ4v) is 3.60. The molecular weight excluding hydrogens is 256 g/mol. The summed E-state index contributed by atoms with van der Waals surface area (Å²) < 4.78 is 0. The van der Waals surface area contributed by atoms with Crippen LogP contribution in [0.25, 0.3) is 0 Å². The van der Waals surface area contributed by atoms with Crippen molar-refractivity contribution in [2.45, 2.75) is 83.7 Å². The van der Waals surface area contributed by atoms with E-state index < -0.39 is 0 Å². The lowest BCUT2D eigenvalue weighted by Gasteiger charge is -2.28. The molecule has 0 fully saturated rings. The van der Waals surface area contributed by atoms with Crippen LogP contribution >= 0.6 is 0 Å². The van der Waals surface area contributed by atoms with Crippen LogP contribution < -0.4 is 0 Å². The number of aliphatic hydroxyl groups is 1. The van der Waals surface area contributed by atoms with E-state index in [1.54, 1.807) is 0 Å². The molecule has 0 aliphatic heterocycles. The molecule has 1 aliphatic rings. The van der Waals surface area contributed by atoms with Gasteiger partial charge in [0.05, 0.1) is 6.10 Å². The molecule has 21 heavy (non-hydrogen) atoms. The van der Waals surface area contributed by atoms with Crippen LogP contribution in [0.5, 0.6) is 0 Å². The first-order valence-corrected chi connectivity index (χ1v) is 9.06. The third-order valence-corrected chi connectivity index (χ3v) is 5.03. The zero-order valence-corrected chi connectivity index (χ0v) is 13.7. The first kappa shape index (κ1) is 16.5. The van der Waals surface area contributed by atoms with Gasteiger partial charge in [0.1, 0.15) is 0 Å². The van der Waals surface area contributed by atoms with Crippen LogP contribution in [-0.2, 0) is 12.8 Å². The molecule has 1 N–H and O–H groups in total. The van der Waals surface area contributed by atoms with E-state index in [0.29, 0.717) is 5.92 Å². The van der Waals surface area contributed by atoms with Crippen LogP contribution in [0.4, 0.5) is 0 Å². The van der Waals surface area contributed by atoms with Crippen LogP contribution in [0.1, 0.15) is 75.8 Å². The van der Waals surface area contributed by atoms with Crippen molar-refractivity contribution < 1.29 is 5.11 Å². The number of hydrogen-bond donors (Lipinski definition) is 1. The highest BCUT2D eigenvalue weighted by atomic mass is 16.3. The highest BCUT2D eigenvalue weighted by molar-refractivity contribution is 5.29. The molecule has 0 heterocycles. The lowest BCUT2D eigenvalue weighted by atomic mass is 9.80. The van der Waals surface area contributed by atoms with Gasteiger partial charge < -0.3 is 5.11 Å². The third-order valence-electron chi connectivity index (χ3n) is 5.03. The van der Waals surface area contributed by atoms with Gasteiger partial charge in [0.25, 0.3) is 0 Å². The summed E-state index contributed by atoms with van der Waals surface area (Å²) in [5.74, 6) is 0.486. The van der Waals surface area contributed by atoms with Crippen molar-refractivity contribution in [1.82, 2.24) is 0 Å². The average molecular weight is 288 g/mol. The minimum absolute atomic E-state index is 0.0889. The first-order valence-electron chi connectivity index (χ1n) is 9.06. The summed E-state index contributed by atoms with van der Waals surface area (Å²) in [4.78, 5) is 0. The quantitative estimate of drug-likeness (QED) is 0.612. The molecule has 1 heteroatoms. The number of hydrogen-bond acceptors (Lipinski definition) is 1. The minimum Gasteiger partial charge on any atom is -0.393 e. The fraction of sp³-hybridized carbons (Fsp3) is 0.700. The Balaban J connectivity index is 1.62. The molecule has 1 nitrogen and oxygen atoms in total. The molecule has 1 aromatic rings. The van der Waals surface area contributed by atoms with Crippen molar-refractivity contribution in [3.05, 3.63) is 35.4 Å². The molecule has 0 saturated heterocycles. The van der Waals surface area contributed by atoms with Gasteiger partial charge in [-0.25, -0.2) is 0 Å². The summed E-state index contributed by atoms with van der Waals surface area (Å²) in [6.07, 6.45) is 13.6. The number of aryl methyl sites for hydroxylation is 1. The van der Waals surface area contributed by atoms with Gasteiger partial charge in [-0.15, -0.1) is 0 Å². The summed E-state index contributed by atoms with van der Waals surface area (Å²) in [7, 11) is 0. The highest BCUT2D eigenvalue weighted by Crippen LogP contribution is 2.29. The predicted molar refractivity (Wildman–Crippen MR) is 90.6 cm³/mol. The summed E-state index contributed by atoms with van der Waals surface area (Å²) in [6.45, 7) is 2.26. The fourth-order valence-electron chi connectivity index (χ4n) is 3.60. The average Bonchev–Trinajstić information content (AvgIpc) is 2.53. The second kappa shape index (κ2) is 9.25. The van der Waals surface area contributed by atoms with E-state index in [-0.39, 0.29) is 6.10 Å². The Labute approximate surface area is 130 Å². The van der Waals surface area contributed by atoms with Crippen LogP contribution in [0, 0.1) is 5.92 Å². The van der Waals surface area contributed by atoms with Crippen molar-refractivity contribution in [1.29, 1.82) is 0 Å². The molecule has 0 aromatic heterocycles. The molecule has 2 unspecified atom stereocenters. The monoisotopic (exact) mass is 288 g/mol. The highest BCUT2D eigenvalue weighted by Gasteiger charge is 2.24.